The lowest BCUT2D eigenvalue weighted by Gasteiger charge is -2.34. The molecule has 0 spiro atoms. The van der Waals surface area contributed by atoms with Gasteiger partial charge in [-0.25, -0.2) is 8.78 Å². The highest BCUT2D eigenvalue weighted by molar-refractivity contribution is 5.77. The third-order valence-corrected chi connectivity index (χ3v) is 3.05. The first-order valence-electron chi connectivity index (χ1n) is 5.71. The number of carbonyl (C=O) groups is 1. The molecule has 0 unspecified atom stereocenters. The highest BCUT2D eigenvalue weighted by Crippen LogP contribution is 2.19. The first-order chi connectivity index (χ1) is 8.28. The molecule has 3 nitrogen and oxygen atoms in total. The van der Waals surface area contributed by atoms with E-state index in [2.05, 4.69) is 0 Å². The monoisotopic (exact) mass is 257 g/mol. The fraction of sp³-hybridized carbons (Fsp3) is 0.462. The van der Waals surface area contributed by atoms with Gasteiger partial charge in [-0.3, -0.25) is 9.69 Å². The summed E-state index contributed by atoms with van der Waals surface area (Å²) in [4.78, 5) is 12.8. The summed E-state index contributed by atoms with van der Waals surface area (Å²) in [7, 11) is 0. The van der Waals surface area contributed by atoms with Gasteiger partial charge in [0.05, 0.1) is 0 Å². The van der Waals surface area contributed by atoms with Gasteiger partial charge < -0.3 is 5.11 Å². The Labute approximate surface area is 105 Å². The van der Waals surface area contributed by atoms with E-state index in [1.54, 1.807) is 18.7 Å². The second kappa shape index (κ2) is 5.44. The molecule has 100 valence electrons. The van der Waals surface area contributed by atoms with E-state index in [1.165, 1.54) is 6.07 Å². The van der Waals surface area contributed by atoms with Gasteiger partial charge in [0.25, 0.3) is 0 Å². The number of carboxylic acids is 1. The molecule has 1 aromatic rings. The Morgan fingerprint density at radius 2 is 1.94 bits per heavy atom. The van der Waals surface area contributed by atoms with Gasteiger partial charge in [0.1, 0.15) is 5.54 Å². The number of carboxylic acid groups (broad SMARTS) is 1. The lowest BCUT2D eigenvalue weighted by Crippen LogP contribution is -2.49. The molecule has 0 atom stereocenters. The lowest BCUT2D eigenvalue weighted by molar-refractivity contribution is -0.149. The van der Waals surface area contributed by atoms with Crippen molar-refractivity contribution in [2.75, 3.05) is 6.54 Å². The molecule has 0 heterocycles. The van der Waals surface area contributed by atoms with Crippen LogP contribution < -0.4 is 0 Å². The third-order valence-electron chi connectivity index (χ3n) is 3.05. The van der Waals surface area contributed by atoms with Gasteiger partial charge in [-0.1, -0.05) is 13.0 Å². The topological polar surface area (TPSA) is 40.5 Å². The molecular weight excluding hydrogens is 240 g/mol. The van der Waals surface area contributed by atoms with Crippen molar-refractivity contribution in [3.63, 3.8) is 0 Å². The van der Waals surface area contributed by atoms with Gasteiger partial charge in [0.2, 0.25) is 0 Å². The Hall–Kier alpha value is -1.49. The summed E-state index contributed by atoms with van der Waals surface area (Å²) in [5.41, 5.74) is -0.510. The normalized spacial score (nSPS) is 11.9. The Balaban J connectivity index is 2.93. The van der Waals surface area contributed by atoms with Crippen molar-refractivity contribution in [3.05, 3.63) is 35.4 Å². The van der Waals surface area contributed by atoms with E-state index in [0.717, 1.165) is 12.1 Å². The molecule has 0 aliphatic heterocycles. The molecule has 0 saturated carbocycles. The largest absolute Gasteiger partial charge is 0.480 e. The van der Waals surface area contributed by atoms with Crippen LogP contribution in [0.1, 0.15) is 26.3 Å². The van der Waals surface area contributed by atoms with E-state index >= 15 is 0 Å². The van der Waals surface area contributed by atoms with Gasteiger partial charge in [-0.05, 0) is 38.1 Å². The molecule has 0 aliphatic carbocycles. The van der Waals surface area contributed by atoms with Crippen LogP contribution in [0.5, 0.6) is 0 Å². The summed E-state index contributed by atoms with van der Waals surface area (Å²) >= 11 is 0. The average molecular weight is 257 g/mol. The molecule has 0 bridgehead atoms. The van der Waals surface area contributed by atoms with Crippen molar-refractivity contribution >= 4 is 5.97 Å². The third kappa shape index (κ3) is 3.04. The number of rotatable bonds is 5. The van der Waals surface area contributed by atoms with Crippen molar-refractivity contribution in [1.82, 2.24) is 4.90 Å². The molecule has 1 aromatic carbocycles. The molecular formula is C13H17F2NO2. The summed E-state index contributed by atoms with van der Waals surface area (Å²) in [6.07, 6.45) is 0. The fourth-order valence-electron chi connectivity index (χ4n) is 1.70. The zero-order valence-corrected chi connectivity index (χ0v) is 10.7. The number of nitrogens with zero attached hydrogens (tertiary/aromatic N) is 1. The Kier molecular flexibility index (Phi) is 4.40. The Morgan fingerprint density at radius 3 is 2.39 bits per heavy atom. The maximum atomic E-state index is 13.1. The maximum Gasteiger partial charge on any atom is 0.323 e. The number of likely N-dealkylation sites (N-methyl/N-ethyl adjacent to an activating group) is 1. The molecule has 0 radical (unpaired) electrons. The predicted molar refractivity (Wildman–Crippen MR) is 64.2 cm³/mol. The van der Waals surface area contributed by atoms with Crippen LogP contribution in [0.4, 0.5) is 8.78 Å². The predicted octanol–water partition coefficient (Wildman–Crippen LogP) is 2.65. The molecule has 0 amide bonds. The zero-order valence-electron chi connectivity index (χ0n) is 10.7. The average Bonchev–Trinajstić information content (AvgIpc) is 2.30. The summed E-state index contributed by atoms with van der Waals surface area (Å²) in [5.74, 6) is -2.78. The van der Waals surface area contributed by atoms with Crippen molar-refractivity contribution in [2.45, 2.75) is 32.9 Å². The highest BCUT2D eigenvalue weighted by atomic mass is 19.2. The molecule has 0 fully saturated rings. The molecule has 0 aromatic heterocycles. The van der Waals surface area contributed by atoms with Crippen molar-refractivity contribution in [2.24, 2.45) is 0 Å². The van der Waals surface area contributed by atoms with Gasteiger partial charge in [0.15, 0.2) is 11.6 Å². The maximum absolute atomic E-state index is 13.1. The van der Waals surface area contributed by atoms with Crippen LogP contribution in [0.3, 0.4) is 0 Å². The SMILES string of the molecule is CCN(Cc1ccc(F)c(F)c1)C(C)(C)C(=O)O. The molecule has 0 saturated heterocycles. The smallest absolute Gasteiger partial charge is 0.323 e. The molecule has 0 aliphatic rings. The number of benzene rings is 1. The van der Waals surface area contributed by atoms with Crippen LogP contribution in [0.2, 0.25) is 0 Å². The van der Waals surface area contributed by atoms with Crippen LogP contribution in [0, 0.1) is 11.6 Å². The number of hydrogen-bond donors (Lipinski definition) is 1. The second-order valence-corrected chi connectivity index (χ2v) is 4.63. The van der Waals surface area contributed by atoms with Crippen LogP contribution in [0.25, 0.3) is 0 Å². The van der Waals surface area contributed by atoms with Gasteiger partial charge in [-0.15, -0.1) is 0 Å². The van der Waals surface area contributed by atoms with Gasteiger partial charge in [-0.2, -0.15) is 0 Å². The van der Waals surface area contributed by atoms with Crippen molar-refractivity contribution in [1.29, 1.82) is 0 Å². The molecule has 1 N–H and O–H groups in total. The van der Waals surface area contributed by atoms with Gasteiger partial charge >= 0.3 is 5.97 Å². The van der Waals surface area contributed by atoms with E-state index in [0.29, 0.717) is 12.1 Å². The first kappa shape index (κ1) is 14.6. The van der Waals surface area contributed by atoms with E-state index in [4.69, 9.17) is 5.11 Å². The van der Waals surface area contributed by atoms with Crippen molar-refractivity contribution < 1.29 is 18.7 Å². The molecule has 18 heavy (non-hydrogen) atoms. The minimum absolute atomic E-state index is 0.257. The van der Waals surface area contributed by atoms with Crippen LogP contribution in [-0.4, -0.2) is 28.1 Å². The Morgan fingerprint density at radius 1 is 1.33 bits per heavy atom. The number of hydrogen-bond acceptors (Lipinski definition) is 2. The second-order valence-electron chi connectivity index (χ2n) is 4.63. The summed E-state index contributed by atoms with van der Waals surface area (Å²) < 4.78 is 25.9. The lowest BCUT2D eigenvalue weighted by atomic mass is 10.0. The summed E-state index contributed by atoms with van der Waals surface area (Å²) in [6, 6.07) is 3.60. The number of aliphatic carboxylic acids is 1. The van der Waals surface area contributed by atoms with Crippen LogP contribution in [0.15, 0.2) is 18.2 Å². The van der Waals surface area contributed by atoms with Crippen molar-refractivity contribution in [3.8, 4) is 0 Å². The van der Waals surface area contributed by atoms with Gasteiger partial charge in [0, 0.05) is 6.54 Å². The van der Waals surface area contributed by atoms with Crippen LogP contribution in [-0.2, 0) is 11.3 Å². The van der Waals surface area contributed by atoms with E-state index in [-0.39, 0.29) is 6.54 Å². The summed E-state index contributed by atoms with van der Waals surface area (Å²) in [5, 5.41) is 9.14. The minimum Gasteiger partial charge on any atom is -0.480 e. The number of halogens is 2. The fourth-order valence-corrected chi connectivity index (χ4v) is 1.70. The first-order valence-corrected chi connectivity index (χ1v) is 5.71. The summed E-state index contributed by atoms with van der Waals surface area (Å²) in [6.45, 7) is 5.74. The standard InChI is InChI=1S/C13H17F2NO2/c1-4-16(13(2,3)12(17)18)8-9-5-6-10(14)11(15)7-9/h5-7H,4,8H2,1-3H3,(H,17,18). The quantitative estimate of drug-likeness (QED) is 0.881. The highest BCUT2D eigenvalue weighted by Gasteiger charge is 2.33. The Bertz CT molecular complexity index is 447. The molecule has 1 rings (SSSR count). The zero-order chi connectivity index (χ0) is 13.9. The molecule has 5 heteroatoms. The van der Waals surface area contributed by atoms with E-state index in [9.17, 15) is 13.6 Å². The van der Waals surface area contributed by atoms with E-state index < -0.39 is 23.1 Å². The van der Waals surface area contributed by atoms with Crippen LogP contribution >= 0.6 is 0 Å². The minimum atomic E-state index is -1.06. The van der Waals surface area contributed by atoms with E-state index in [1.807, 2.05) is 6.92 Å².